The first kappa shape index (κ1) is 12.6. The fourth-order valence-electron chi connectivity index (χ4n) is 1.56. The van der Waals surface area contributed by atoms with E-state index in [1.54, 1.807) is 0 Å². The second-order valence-electron chi connectivity index (χ2n) is 3.93. The molecule has 2 aromatic rings. The molecule has 18 heavy (non-hydrogen) atoms. The van der Waals surface area contributed by atoms with Crippen LogP contribution in [0.5, 0.6) is 5.75 Å². The summed E-state index contributed by atoms with van der Waals surface area (Å²) in [6.07, 6.45) is 0.0147. The summed E-state index contributed by atoms with van der Waals surface area (Å²) in [7, 11) is 0. The summed E-state index contributed by atoms with van der Waals surface area (Å²) in [5, 5.41) is 11.4. The number of ether oxygens (including phenoxy) is 1. The summed E-state index contributed by atoms with van der Waals surface area (Å²) < 4.78 is 5.67. The van der Waals surface area contributed by atoms with E-state index in [1.165, 1.54) is 11.3 Å². The molecule has 0 radical (unpaired) electrons. The summed E-state index contributed by atoms with van der Waals surface area (Å²) in [5.41, 5.74) is 1.79. The van der Waals surface area contributed by atoms with Crippen LogP contribution in [0.1, 0.15) is 16.3 Å². The molecule has 0 aliphatic rings. The van der Waals surface area contributed by atoms with Crippen LogP contribution in [-0.4, -0.2) is 11.1 Å². The van der Waals surface area contributed by atoms with Crippen molar-refractivity contribution in [2.75, 3.05) is 0 Å². The highest BCUT2D eigenvalue weighted by molar-refractivity contribution is 7.09. The summed E-state index contributed by atoms with van der Waals surface area (Å²) in [4.78, 5) is 13.6. The summed E-state index contributed by atoms with van der Waals surface area (Å²) in [6.45, 7) is 2.42. The molecule has 0 aliphatic heterocycles. The smallest absolute Gasteiger partial charge is 0.314 e. The topological polar surface area (TPSA) is 60.7 Å². The number of carboxylic acid groups (broad SMARTS) is 1. The molecule has 2 rings (SSSR count). The van der Waals surface area contributed by atoms with E-state index in [0.29, 0.717) is 12.3 Å². The van der Waals surface area contributed by atoms with Crippen molar-refractivity contribution < 1.29 is 19.6 Å². The minimum absolute atomic E-state index is 0.0147. The highest BCUT2D eigenvalue weighted by atomic mass is 32.1. The number of benzene rings is 1. The van der Waals surface area contributed by atoms with Gasteiger partial charge in [-0.1, -0.05) is 29.5 Å². The summed E-state index contributed by atoms with van der Waals surface area (Å²) in [6, 6.07) is 7.80. The molecule has 1 aromatic carbocycles. The number of aromatic amines is 1. The Labute approximate surface area is 109 Å². The van der Waals surface area contributed by atoms with E-state index < -0.39 is 5.97 Å². The van der Waals surface area contributed by atoms with Crippen molar-refractivity contribution in [3.05, 3.63) is 45.9 Å². The standard InChI is InChI=1S/C13H13NO3S/c1-9-4-2-3-5-11(9)17-7-12-14-10(8-18-12)6-13(15)16/h2-5,8H,6-7H2,1H3,(H,15,16)/p+1. The molecule has 0 bridgehead atoms. The largest absolute Gasteiger partial charge is 0.481 e. The second-order valence-corrected chi connectivity index (χ2v) is 4.90. The van der Waals surface area contributed by atoms with Crippen LogP contribution in [0.3, 0.4) is 0 Å². The molecule has 0 saturated carbocycles. The lowest BCUT2D eigenvalue weighted by Crippen LogP contribution is -2.16. The first-order chi connectivity index (χ1) is 8.65. The molecule has 5 heteroatoms. The predicted octanol–water partition coefficient (Wildman–Crippen LogP) is 2.08. The average molecular weight is 264 g/mol. The van der Waals surface area contributed by atoms with Crippen molar-refractivity contribution >= 4 is 17.3 Å². The number of carboxylic acids is 1. The van der Waals surface area contributed by atoms with Gasteiger partial charge >= 0.3 is 5.97 Å². The van der Waals surface area contributed by atoms with Gasteiger partial charge in [-0.05, 0) is 18.6 Å². The van der Waals surface area contributed by atoms with E-state index in [1.807, 2.05) is 36.6 Å². The number of para-hydroxylation sites is 1. The third-order valence-electron chi connectivity index (χ3n) is 2.44. The fourth-order valence-corrected chi connectivity index (χ4v) is 2.30. The molecule has 0 aliphatic carbocycles. The number of thiazole rings is 1. The summed E-state index contributed by atoms with van der Waals surface area (Å²) in [5.74, 6) is 0.00880. The molecule has 94 valence electrons. The Bertz CT molecular complexity index is 551. The van der Waals surface area contributed by atoms with Crippen molar-refractivity contribution in [1.82, 2.24) is 0 Å². The normalized spacial score (nSPS) is 10.3. The van der Waals surface area contributed by atoms with Crippen LogP contribution in [0.25, 0.3) is 0 Å². The Morgan fingerprint density at radius 1 is 1.44 bits per heavy atom. The number of hydrogen-bond donors (Lipinski definition) is 1. The maximum Gasteiger partial charge on any atom is 0.314 e. The van der Waals surface area contributed by atoms with Crippen LogP contribution in [-0.2, 0) is 17.8 Å². The first-order valence-corrected chi connectivity index (χ1v) is 6.42. The van der Waals surface area contributed by atoms with E-state index >= 15 is 0 Å². The van der Waals surface area contributed by atoms with Gasteiger partial charge in [-0.15, -0.1) is 0 Å². The first-order valence-electron chi connectivity index (χ1n) is 5.54. The number of carbonyl (C=O) groups is 1. The molecule has 0 amide bonds. The Morgan fingerprint density at radius 2 is 2.22 bits per heavy atom. The van der Waals surface area contributed by atoms with E-state index in [-0.39, 0.29) is 6.42 Å². The van der Waals surface area contributed by atoms with Gasteiger partial charge < -0.3 is 9.84 Å². The minimum Gasteiger partial charge on any atom is -0.481 e. The molecular weight excluding hydrogens is 250 g/mol. The van der Waals surface area contributed by atoms with Crippen molar-refractivity contribution in [3.63, 3.8) is 0 Å². The van der Waals surface area contributed by atoms with Gasteiger partial charge in [0.1, 0.15) is 12.2 Å². The third kappa shape index (κ3) is 3.30. The monoisotopic (exact) mass is 264 g/mol. The Kier molecular flexibility index (Phi) is 3.94. The predicted molar refractivity (Wildman–Crippen MR) is 67.7 cm³/mol. The number of nitrogens with one attached hydrogen (secondary N) is 1. The van der Waals surface area contributed by atoms with Gasteiger partial charge in [0.2, 0.25) is 5.69 Å². The molecule has 0 spiro atoms. The van der Waals surface area contributed by atoms with E-state index in [4.69, 9.17) is 9.84 Å². The fraction of sp³-hybridized carbons (Fsp3) is 0.231. The van der Waals surface area contributed by atoms with Gasteiger partial charge in [-0.25, -0.2) is 0 Å². The maximum atomic E-state index is 10.6. The summed E-state index contributed by atoms with van der Waals surface area (Å²) >= 11 is 1.47. The Morgan fingerprint density at radius 3 is 2.94 bits per heavy atom. The SMILES string of the molecule is Cc1ccccc1OCc1[nH+]c(CC(=O)O)cs1. The van der Waals surface area contributed by atoms with Crippen LogP contribution in [0.15, 0.2) is 29.6 Å². The lowest BCUT2D eigenvalue weighted by atomic mass is 10.2. The zero-order valence-electron chi connectivity index (χ0n) is 9.97. The van der Waals surface area contributed by atoms with Gasteiger partial charge in [0.15, 0.2) is 6.61 Å². The van der Waals surface area contributed by atoms with Gasteiger partial charge in [-0.2, -0.15) is 4.98 Å². The number of H-pyrrole nitrogens is 1. The van der Waals surface area contributed by atoms with Crippen molar-refractivity contribution in [2.45, 2.75) is 20.0 Å². The lowest BCUT2D eigenvalue weighted by Gasteiger charge is -2.04. The molecule has 1 aromatic heterocycles. The molecular formula is C13H14NO3S+. The molecule has 0 fully saturated rings. The Balaban J connectivity index is 1.96. The molecule has 0 saturated heterocycles. The quantitative estimate of drug-likeness (QED) is 0.899. The van der Waals surface area contributed by atoms with Gasteiger partial charge in [0.25, 0.3) is 5.01 Å². The highest BCUT2D eigenvalue weighted by Crippen LogP contribution is 2.18. The van der Waals surface area contributed by atoms with Crippen molar-refractivity contribution in [1.29, 1.82) is 0 Å². The second kappa shape index (κ2) is 5.64. The van der Waals surface area contributed by atoms with Crippen LogP contribution in [0.4, 0.5) is 0 Å². The number of aliphatic carboxylic acids is 1. The zero-order valence-corrected chi connectivity index (χ0v) is 10.8. The molecule has 4 nitrogen and oxygen atoms in total. The van der Waals surface area contributed by atoms with E-state index in [2.05, 4.69) is 4.98 Å². The van der Waals surface area contributed by atoms with Crippen LogP contribution in [0.2, 0.25) is 0 Å². The van der Waals surface area contributed by atoms with Gasteiger partial charge in [-0.3, -0.25) is 4.79 Å². The number of rotatable bonds is 5. The van der Waals surface area contributed by atoms with Gasteiger partial charge in [0, 0.05) is 0 Å². The highest BCUT2D eigenvalue weighted by Gasteiger charge is 2.13. The molecule has 0 unspecified atom stereocenters. The van der Waals surface area contributed by atoms with Crippen LogP contribution < -0.4 is 9.72 Å². The molecule has 2 N–H and O–H groups in total. The number of aryl methyl sites for hydroxylation is 1. The van der Waals surface area contributed by atoms with Crippen molar-refractivity contribution in [3.8, 4) is 5.75 Å². The maximum absolute atomic E-state index is 10.6. The minimum atomic E-state index is -0.838. The Hall–Kier alpha value is -1.88. The van der Waals surface area contributed by atoms with E-state index in [9.17, 15) is 4.79 Å². The number of aromatic nitrogens is 1. The molecule has 1 heterocycles. The lowest BCUT2D eigenvalue weighted by molar-refractivity contribution is -0.396. The zero-order chi connectivity index (χ0) is 13.0. The number of hydrogen-bond acceptors (Lipinski definition) is 3. The average Bonchev–Trinajstić information content (AvgIpc) is 2.75. The van der Waals surface area contributed by atoms with Crippen LogP contribution in [0, 0.1) is 6.92 Å². The van der Waals surface area contributed by atoms with Crippen molar-refractivity contribution in [2.24, 2.45) is 0 Å². The molecule has 0 atom stereocenters. The third-order valence-corrected chi connectivity index (χ3v) is 3.34. The van der Waals surface area contributed by atoms with E-state index in [0.717, 1.165) is 16.3 Å². The van der Waals surface area contributed by atoms with Gasteiger partial charge in [0.05, 0.1) is 5.38 Å². The van der Waals surface area contributed by atoms with Crippen LogP contribution >= 0.6 is 11.3 Å².